The van der Waals surface area contributed by atoms with E-state index in [0.29, 0.717) is 0 Å². The molecule has 0 fully saturated rings. The van der Waals surface area contributed by atoms with Crippen LogP contribution < -0.4 is 19.2 Å². The molecule has 0 aliphatic carbocycles. The van der Waals surface area contributed by atoms with Crippen LogP contribution in [0.4, 0.5) is 0 Å². The van der Waals surface area contributed by atoms with Crippen molar-refractivity contribution in [2.75, 3.05) is 26.4 Å². The minimum atomic E-state index is -3.07. The topological polar surface area (TPSA) is 197 Å². The van der Waals surface area contributed by atoms with E-state index >= 15 is 0 Å². The summed E-state index contributed by atoms with van der Waals surface area (Å²) in [6.07, 6.45) is 0. The van der Waals surface area contributed by atoms with E-state index in [1.165, 1.54) is 0 Å². The van der Waals surface area contributed by atoms with E-state index in [1.807, 2.05) is 177 Å². The molecule has 0 spiro atoms. The van der Waals surface area contributed by atoms with Gasteiger partial charge in [-0.1, -0.05) is 177 Å². The molecule has 0 unspecified atom stereocenters. The fraction of sp³-hybridized carbons (Fsp3) is 0.400. The SMILES string of the molecule is CC(C)(CO[Si](=O)[O-])c1ccccc1.CC(C)(CO[Si](=O)[O-])c1ccccc1.CC(C)(CO[Si](=O)[O-])c1ccccc1.CC(C)(CO[Si](=O)[O-])c1ccccc1.[Zr+4]. The summed E-state index contributed by atoms with van der Waals surface area (Å²) in [7, 11) is -12.3. The fourth-order valence-corrected chi connectivity index (χ4v) is 6.76. The minimum absolute atomic E-state index is 0. The molecule has 0 aliphatic rings. The van der Waals surface area contributed by atoms with Crippen molar-refractivity contribution >= 4 is 36.7 Å². The Hall–Kier alpha value is -3.77. The number of hydrogen-bond acceptors (Lipinski definition) is 12. The Morgan fingerprint density at radius 2 is 0.491 bits per heavy atom. The maximum Gasteiger partial charge on any atom is 4.00 e. The zero-order valence-electron chi connectivity index (χ0n) is 33.8. The predicted molar refractivity (Wildman–Crippen MR) is 207 cm³/mol. The third kappa shape index (κ3) is 22.7. The van der Waals surface area contributed by atoms with Gasteiger partial charge in [-0.25, -0.2) is 0 Å². The van der Waals surface area contributed by atoms with Crippen LogP contribution in [0.2, 0.25) is 0 Å². The maximum absolute atomic E-state index is 10.3. The van der Waals surface area contributed by atoms with Crippen LogP contribution in [0.5, 0.6) is 0 Å². The molecule has 0 aromatic heterocycles. The number of benzene rings is 4. The second kappa shape index (κ2) is 26.3. The first-order valence-electron chi connectivity index (χ1n) is 17.7. The summed E-state index contributed by atoms with van der Waals surface area (Å²) < 4.78 is 59.9. The number of rotatable bonds is 16. The van der Waals surface area contributed by atoms with Crippen LogP contribution in [0.3, 0.4) is 0 Å². The van der Waals surface area contributed by atoms with Gasteiger partial charge in [0.25, 0.3) is 0 Å². The first-order chi connectivity index (χ1) is 26.1. The Labute approximate surface area is 362 Å². The quantitative estimate of drug-likeness (QED) is 0.149. The molecule has 17 heteroatoms. The van der Waals surface area contributed by atoms with Gasteiger partial charge in [-0.2, -0.15) is 0 Å². The third-order valence-electron chi connectivity index (χ3n) is 8.42. The van der Waals surface area contributed by atoms with Crippen LogP contribution in [0.1, 0.15) is 77.6 Å². The monoisotopic (exact) mass is 926 g/mol. The van der Waals surface area contributed by atoms with E-state index in [-0.39, 0.29) is 74.3 Å². The van der Waals surface area contributed by atoms with Crippen molar-refractivity contribution in [2.45, 2.75) is 77.0 Å². The van der Waals surface area contributed by atoms with Gasteiger partial charge in [-0.3, -0.25) is 0 Å². The number of hydrogen-bond donors (Lipinski definition) is 0. The van der Waals surface area contributed by atoms with E-state index in [4.69, 9.17) is 0 Å². The Morgan fingerprint density at radius 3 is 0.614 bits per heavy atom. The molecule has 0 atom stereocenters. The van der Waals surface area contributed by atoms with Crippen LogP contribution in [0, 0.1) is 0 Å². The summed E-state index contributed by atoms with van der Waals surface area (Å²) in [5, 5.41) is 0. The van der Waals surface area contributed by atoms with Gasteiger partial charge in [-0.05, 0) is 22.3 Å². The smallest absolute Gasteiger partial charge is 0.587 e. The summed E-state index contributed by atoms with van der Waals surface area (Å²) in [6.45, 7) is 16.4. The van der Waals surface area contributed by atoms with Crippen molar-refractivity contribution in [3.8, 4) is 0 Å². The van der Waals surface area contributed by atoms with Gasteiger partial charge in [0.05, 0.1) is 0 Å². The summed E-state index contributed by atoms with van der Waals surface area (Å²) >= 11 is 0. The van der Waals surface area contributed by atoms with E-state index in [2.05, 4.69) is 17.7 Å². The van der Waals surface area contributed by atoms with E-state index in [1.54, 1.807) is 0 Å². The molecule has 0 bridgehead atoms. The molecule has 0 N–H and O–H groups in total. The van der Waals surface area contributed by atoms with Crippen molar-refractivity contribution in [1.29, 1.82) is 0 Å². The Bertz CT molecular complexity index is 1500. The Morgan fingerprint density at radius 1 is 0.351 bits per heavy atom. The molecule has 304 valence electrons. The third-order valence-corrected chi connectivity index (χ3v) is 9.94. The van der Waals surface area contributed by atoms with Crippen molar-refractivity contribution in [3.05, 3.63) is 144 Å². The predicted octanol–water partition coefficient (Wildman–Crippen LogP) is 3.02. The van der Waals surface area contributed by atoms with Crippen LogP contribution in [0.15, 0.2) is 121 Å². The average molecular weight is 928 g/mol. The maximum atomic E-state index is 10.3. The molecule has 4 aromatic rings. The zero-order valence-corrected chi connectivity index (χ0v) is 40.2. The molecule has 4 aromatic carbocycles. The van der Waals surface area contributed by atoms with Gasteiger partial charge in [-0.15, -0.1) is 0 Å². The van der Waals surface area contributed by atoms with Gasteiger partial charge < -0.3 is 54.7 Å². The van der Waals surface area contributed by atoms with E-state index in [9.17, 15) is 37.0 Å². The second-order valence-electron chi connectivity index (χ2n) is 15.2. The molecular weight excluding hydrogens is 876 g/mol. The fourth-order valence-electron chi connectivity index (χ4n) is 4.85. The molecule has 12 nitrogen and oxygen atoms in total. The molecular formula is C40H52O12Si4Zr. The van der Waals surface area contributed by atoms with Gasteiger partial charge >= 0.3 is 62.9 Å². The molecule has 0 amide bonds. The molecule has 0 saturated heterocycles. The minimum Gasteiger partial charge on any atom is -0.587 e. The Kier molecular flexibility index (Phi) is 24.5. The van der Waals surface area contributed by atoms with Crippen molar-refractivity contribution in [2.24, 2.45) is 0 Å². The van der Waals surface area contributed by atoms with Gasteiger partial charge in [0.15, 0.2) is 0 Å². The summed E-state index contributed by atoms with van der Waals surface area (Å²) in [5.74, 6) is 0. The largest absolute Gasteiger partial charge is 4.00 e. The van der Waals surface area contributed by atoms with E-state index < -0.39 is 36.7 Å². The zero-order chi connectivity index (χ0) is 42.4. The van der Waals surface area contributed by atoms with Crippen molar-refractivity contribution < 1.29 is 80.9 Å². The van der Waals surface area contributed by atoms with Crippen LogP contribution in [-0.4, -0.2) is 63.1 Å². The molecule has 4 rings (SSSR count). The van der Waals surface area contributed by atoms with Crippen molar-refractivity contribution in [3.63, 3.8) is 0 Å². The molecule has 0 saturated carbocycles. The summed E-state index contributed by atoms with van der Waals surface area (Å²) in [5.41, 5.74) is 3.20. The first-order valence-corrected chi connectivity index (χ1v) is 22.6. The van der Waals surface area contributed by atoms with Crippen molar-refractivity contribution in [1.82, 2.24) is 0 Å². The standard InChI is InChI=1S/4C10H13O3Si.Zr/c4*1-10(2,8-13-14(11)12)9-6-4-3-5-7-9;/h4*3-7H,8H2,1-2H3;/q4*-1;+4. The molecule has 0 aliphatic heterocycles. The van der Waals surface area contributed by atoms with Crippen LogP contribution >= 0.6 is 0 Å². The average Bonchev–Trinajstić information content (AvgIpc) is 3.17. The first kappa shape index (κ1) is 53.2. The van der Waals surface area contributed by atoms with Gasteiger partial charge in [0, 0.05) is 48.1 Å². The van der Waals surface area contributed by atoms with Crippen LogP contribution in [-0.2, 0) is 83.4 Å². The van der Waals surface area contributed by atoms with Gasteiger partial charge in [0.1, 0.15) is 0 Å². The second-order valence-corrected chi connectivity index (χ2v) is 18.3. The summed E-state index contributed by atoms with van der Waals surface area (Å²) in [6, 6.07) is 38.8. The molecule has 0 radical (unpaired) electrons. The molecule has 0 heterocycles. The van der Waals surface area contributed by atoms with Crippen LogP contribution in [0.25, 0.3) is 0 Å². The van der Waals surface area contributed by atoms with Gasteiger partial charge in [0.2, 0.25) is 0 Å². The Balaban J connectivity index is 0.000000729. The summed E-state index contributed by atoms with van der Waals surface area (Å²) in [4.78, 5) is 41.3. The molecule has 57 heavy (non-hydrogen) atoms. The normalized spacial score (nSPS) is 10.8. The van der Waals surface area contributed by atoms with E-state index in [0.717, 1.165) is 22.3 Å².